The average Bonchev–Trinajstić information content (AvgIpc) is 2.35. The first-order chi connectivity index (χ1) is 8.83. The van der Waals surface area contributed by atoms with Crippen molar-refractivity contribution in [2.24, 2.45) is 5.41 Å². The van der Waals surface area contributed by atoms with Crippen LogP contribution in [0.3, 0.4) is 0 Å². The molecule has 19 heavy (non-hydrogen) atoms. The highest BCUT2D eigenvalue weighted by molar-refractivity contribution is 5.73. The van der Waals surface area contributed by atoms with Gasteiger partial charge in [0, 0.05) is 19.3 Å². The molecule has 0 saturated carbocycles. The number of benzene rings is 1. The Morgan fingerprint density at radius 3 is 2.37 bits per heavy atom. The van der Waals surface area contributed by atoms with Crippen LogP contribution in [0.2, 0.25) is 0 Å². The van der Waals surface area contributed by atoms with Gasteiger partial charge >= 0.3 is 5.97 Å². The molecule has 0 aliphatic heterocycles. The average molecular weight is 267 g/mol. The smallest absolute Gasteiger partial charge is 0.309 e. The van der Waals surface area contributed by atoms with Crippen molar-refractivity contribution >= 4 is 11.7 Å². The van der Waals surface area contributed by atoms with E-state index in [-0.39, 0.29) is 5.82 Å². The summed E-state index contributed by atoms with van der Waals surface area (Å²) in [7, 11) is 1.95. The van der Waals surface area contributed by atoms with Crippen molar-refractivity contribution in [3.63, 3.8) is 0 Å². The van der Waals surface area contributed by atoms with Crippen LogP contribution < -0.4 is 4.90 Å². The number of carbonyl (C=O) groups is 1. The van der Waals surface area contributed by atoms with Crippen LogP contribution >= 0.6 is 0 Å². The Labute approximate surface area is 114 Å². The van der Waals surface area contributed by atoms with Gasteiger partial charge in [-0.15, -0.1) is 0 Å². The Morgan fingerprint density at radius 1 is 1.26 bits per heavy atom. The Bertz CT molecular complexity index is 415. The highest BCUT2D eigenvalue weighted by Gasteiger charge is 2.25. The lowest BCUT2D eigenvalue weighted by Gasteiger charge is -2.21. The number of aliphatic carboxylic acids is 1. The van der Waals surface area contributed by atoms with Gasteiger partial charge in [0.1, 0.15) is 5.82 Å². The van der Waals surface area contributed by atoms with Crippen LogP contribution in [0.5, 0.6) is 0 Å². The van der Waals surface area contributed by atoms with Crippen molar-refractivity contribution in [1.29, 1.82) is 0 Å². The molecule has 106 valence electrons. The third-order valence-corrected chi connectivity index (χ3v) is 3.39. The van der Waals surface area contributed by atoms with Gasteiger partial charge in [-0.3, -0.25) is 4.79 Å². The first-order valence-electron chi connectivity index (χ1n) is 6.53. The Morgan fingerprint density at radius 2 is 1.84 bits per heavy atom. The second-order valence-electron chi connectivity index (χ2n) is 5.54. The van der Waals surface area contributed by atoms with E-state index in [1.54, 1.807) is 26.0 Å². The van der Waals surface area contributed by atoms with E-state index in [1.807, 2.05) is 11.9 Å². The summed E-state index contributed by atoms with van der Waals surface area (Å²) in [6.07, 6.45) is 2.45. The fourth-order valence-electron chi connectivity index (χ4n) is 1.85. The lowest BCUT2D eigenvalue weighted by molar-refractivity contribution is -0.147. The molecule has 0 heterocycles. The first kappa shape index (κ1) is 15.5. The molecule has 0 bridgehead atoms. The van der Waals surface area contributed by atoms with Crippen molar-refractivity contribution in [3.05, 3.63) is 30.1 Å². The molecule has 1 N–H and O–H groups in total. The summed E-state index contributed by atoms with van der Waals surface area (Å²) >= 11 is 0. The van der Waals surface area contributed by atoms with Crippen molar-refractivity contribution in [3.8, 4) is 0 Å². The van der Waals surface area contributed by atoms with Crippen molar-refractivity contribution in [2.45, 2.75) is 33.1 Å². The number of nitrogens with zero attached hydrogens (tertiary/aromatic N) is 1. The summed E-state index contributed by atoms with van der Waals surface area (Å²) in [5.74, 6) is -0.986. The van der Waals surface area contributed by atoms with Crippen LogP contribution in [-0.2, 0) is 4.79 Å². The second-order valence-corrected chi connectivity index (χ2v) is 5.54. The molecule has 0 radical (unpaired) electrons. The highest BCUT2D eigenvalue weighted by atomic mass is 19.1. The SMILES string of the molecule is CN(CCCCC(C)(C)C(=O)O)c1ccc(F)cc1. The summed E-state index contributed by atoms with van der Waals surface area (Å²) in [6, 6.07) is 6.38. The standard InChI is InChI=1S/C15H22FNO2/c1-15(2,14(18)19)10-4-5-11-17(3)13-8-6-12(16)7-9-13/h6-9H,4-5,10-11H2,1-3H3,(H,18,19). The summed E-state index contributed by atoms with van der Waals surface area (Å²) in [5.41, 5.74) is 0.313. The zero-order valence-electron chi connectivity index (χ0n) is 11.8. The van der Waals surface area contributed by atoms with E-state index in [1.165, 1.54) is 12.1 Å². The molecule has 0 aliphatic rings. The van der Waals surface area contributed by atoms with Crippen LogP contribution in [0.1, 0.15) is 33.1 Å². The van der Waals surface area contributed by atoms with Crippen LogP contribution in [0.25, 0.3) is 0 Å². The van der Waals surface area contributed by atoms with Gasteiger partial charge in [0.2, 0.25) is 0 Å². The van der Waals surface area contributed by atoms with Gasteiger partial charge in [-0.25, -0.2) is 4.39 Å². The number of anilines is 1. The normalized spacial score (nSPS) is 11.4. The van der Waals surface area contributed by atoms with Crippen LogP contribution in [-0.4, -0.2) is 24.7 Å². The number of halogens is 1. The molecule has 0 unspecified atom stereocenters. The zero-order valence-corrected chi connectivity index (χ0v) is 11.8. The maximum Gasteiger partial charge on any atom is 0.309 e. The molecule has 0 aromatic heterocycles. The maximum atomic E-state index is 12.8. The summed E-state index contributed by atoms with van der Waals surface area (Å²) in [4.78, 5) is 13.0. The summed E-state index contributed by atoms with van der Waals surface area (Å²) in [6.45, 7) is 4.33. The summed E-state index contributed by atoms with van der Waals surface area (Å²) in [5, 5.41) is 9.01. The van der Waals surface area contributed by atoms with Gasteiger partial charge in [-0.05, 0) is 51.0 Å². The molecule has 0 aliphatic carbocycles. The molecular weight excluding hydrogens is 245 g/mol. The van der Waals surface area contributed by atoms with Crippen molar-refractivity contribution in [1.82, 2.24) is 0 Å². The first-order valence-corrected chi connectivity index (χ1v) is 6.53. The number of carboxylic acids is 1. The lowest BCUT2D eigenvalue weighted by atomic mass is 9.87. The number of rotatable bonds is 7. The lowest BCUT2D eigenvalue weighted by Crippen LogP contribution is -2.24. The van der Waals surface area contributed by atoms with Gasteiger partial charge < -0.3 is 10.0 Å². The molecule has 0 atom stereocenters. The molecule has 1 aromatic carbocycles. The van der Waals surface area contributed by atoms with Gasteiger partial charge in [-0.1, -0.05) is 6.42 Å². The number of hydrogen-bond donors (Lipinski definition) is 1. The molecule has 3 nitrogen and oxygen atoms in total. The molecule has 0 fully saturated rings. The van der Waals surface area contributed by atoms with Gasteiger partial charge in [0.25, 0.3) is 0 Å². The van der Waals surface area contributed by atoms with Crippen molar-refractivity contribution in [2.75, 3.05) is 18.5 Å². The topological polar surface area (TPSA) is 40.5 Å². The second kappa shape index (κ2) is 6.55. The minimum atomic E-state index is -0.751. The third-order valence-electron chi connectivity index (χ3n) is 3.39. The maximum absolute atomic E-state index is 12.8. The molecule has 4 heteroatoms. The molecule has 0 spiro atoms. The minimum Gasteiger partial charge on any atom is -0.481 e. The van der Waals surface area contributed by atoms with Gasteiger partial charge in [-0.2, -0.15) is 0 Å². The quantitative estimate of drug-likeness (QED) is 0.768. The zero-order chi connectivity index (χ0) is 14.5. The fraction of sp³-hybridized carbons (Fsp3) is 0.533. The van der Waals surface area contributed by atoms with Crippen molar-refractivity contribution < 1.29 is 14.3 Å². The Balaban J connectivity index is 2.33. The van der Waals surface area contributed by atoms with Crippen LogP contribution in [0, 0.1) is 11.2 Å². The highest BCUT2D eigenvalue weighted by Crippen LogP contribution is 2.23. The number of hydrogen-bond acceptors (Lipinski definition) is 2. The van der Waals surface area contributed by atoms with Crippen LogP contribution in [0.4, 0.5) is 10.1 Å². The number of carboxylic acid groups (broad SMARTS) is 1. The van der Waals surface area contributed by atoms with E-state index in [4.69, 9.17) is 5.11 Å². The van der Waals surface area contributed by atoms with Gasteiger partial charge in [0.15, 0.2) is 0 Å². The molecular formula is C15H22FNO2. The molecule has 0 saturated heterocycles. The monoisotopic (exact) mass is 267 g/mol. The van der Waals surface area contributed by atoms with E-state index in [2.05, 4.69) is 0 Å². The molecule has 1 aromatic rings. The predicted molar refractivity (Wildman–Crippen MR) is 74.9 cm³/mol. The fourth-order valence-corrected chi connectivity index (χ4v) is 1.85. The predicted octanol–water partition coefficient (Wildman–Crippen LogP) is 3.54. The largest absolute Gasteiger partial charge is 0.481 e. The third kappa shape index (κ3) is 4.89. The minimum absolute atomic E-state index is 0.236. The van der Waals surface area contributed by atoms with E-state index in [9.17, 15) is 9.18 Å². The summed E-state index contributed by atoms with van der Waals surface area (Å²) < 4.78 is 12.8. The van der Waals surface area contributed by atoms with E-state index < -0.39 is 11.4 Å². The number of unbranched alkanes of at least 4 members (excludes halogenated alkanes) is 1. The van der Waals surface area contributed by atoms with E-state index in [0.717, 1.165) is 25.1 Å². The Kier molecular flexibility index (Phi) is 5.33. The Hall–Kier alpha value is -1.58. The van der Waals surface area contributed by atoms with Crippen LogP contribution in [0.15, 0.2) is 24.3 Å². The van der Waals surface area contributed by atoms with E-state index in [0.29, 0.717) is 6.42 Å². The van der Waals surface area contributed by atoms with E-state index >= 15 is 0 Å². The molecule has 0 amide bonds. The van der Waals surface area contributed by atoms with Gasteiger partial charge in [0.05, 0.1) is 5.41 Å². The molecule has 1 rings (SSSR count).